The van der Waals surface area contributed by atoms with Gasteiger partial charge in [0, 0.05) is 29.8 Å². The first kappa shape index (κ1) is 18.2. The Hall–Kier alpha value is -1.57. The van der Waals surface area contributed by atoms with Crippen molar-refractivity contribution in [3.8, 4) is 16.3 Å². The molecule has 2 heterocycles. The van der Waals surface area contributed by atoms with E-state index in [9.17, 15) is 4.79 Å². The minimum atomic E-state index is 0.190. The van der Waals surface area contributed by atoms with Gasteiger partial charge in [-0.05, 0) is 31.2 Å². The van der Waals surface area contributed by atoms with Gasteiger partial charge in [-0.3, -0.25) is 4.79 Å². The average molecular weight is 379 g/mol. The van der Waals surface area contributed by atoms with Gasteiger partial charge in [0.1, 0.15) is 10.8 Å². The Bertz CT molecular complexity index is 682. The molecule has 25 heavy (non-hydrogen) atoms. The van der Waals surface area contributed by atoms with Gasteiger partial charge in [-0.15, -0.1) is 23.1 Å². The molecule has 1 aromatic carbocycles. The summed E-state index contributed by atoms with van der Waals surface area (Å²) in [6, 6.07) is 8.00. The third kappa shape index (κ3) is 5.20. The normalized spacial score (nSPS) is 14.5. The molecule has 1 aliphatic rings. The van der Waals surface area contributed by atoms with E-state index in [1.807, 2.05) is 36.1 Å². The van der Waals surface area contributed by atoms with Crippen molar-refractivity contribution in [2.24, 2.45) is 0 Å². The number of hydrogen-bond acceptors (Lipinski definition) is 6. The highest BCUT2D eigenvalue weighted by Gasteiger charge is 2.16. The van der Waals surface area contributed by atoms with Crippen molar-refractivity contribution in [1.82, 2.24) is 9.88 Å². The number of carbonyl (C=O) groups is 1. The molecule has 0 N–H and O–H groups in total. The molecular weight excluding hydrogens is 356 g/mol. The van der Waals surface area contributed by atoms with Crippen molar-refractivity contribution in [1.29, 1.82) is 0 Å². The zero-order valence-corrected chi connectivity index (χ0v) is 15.9. The summed E-state index contributed by atoms with van der Waals surface area (Å²) in [5.74, 6) is 2.31. The van der Waals surface area contributed by atoms with Gasteiger partial charge >= 0.3 is 0 Å². The van der Waals surface area contributed by atoms with Crippen LogP contribution in [0.2, 0.25) is 0 Å². The zero-order valence-electron chi connectivity index (χ0n) is 14.3. The summed E-state index contributed by atoms with van der Waals surface area (Å²) in [5, 5.41) is 3.07. The van der Waals surface area contributed by atoms with Gasteiger partial charge in [0.15, 0.2) is 0 Å². The molecule has 3 rings (SSSR count). The highest BCUT2D eigenvalue weighted by atomic mass is 32.2. The van der Waals surface area contributed by atoms with Gasteiger partial charge < -0.3 is 14.4 Å². The Morgan fingerprint density at radius 2 is 2.08 bits per heavy atom. The molecule has 1 aromatic heterocycles. The van der Waals surface area contributed by atoms with Crippen molar-refractivity contribution < 1.29 is 14.3 Å². The molecule has 7 heteroatoms. The van der Waals surface area contributed by atoms with Gasteiger partial charge in [0.05, 0.1) is 31.3 Å². The Labute approximate surface area is 156 Å². The number of rotatable bonds is 7. The number of ether oxygens (including phenoxy) is 2. The van der Waals surface area contributed by atoms with Crippen LogP contribution in [0.1, 0.15) is 12.6 Å². The van der Waals surface area contributed by atoms with Gasteiger partial charge in [0.2, 0.25) is 5.91 Å². The summed E-state index contributed by atoms with van der Waals surface area (Å²) in [7, 11) is 0. The second kappa shape index (κ2) is 9.22. The molecule has 0 aliphatic carbocycles. The second-order valence-electron chi connectivity index (χ2n) is 5.59. The summed E-state index contributed by atoms with van der Waals surface area (Å²) in [4.78, 5) is 18.7. The molecule has 2 aromatic rings. The fourth-order valence-corrected chi connectivity index (χ4v) is 4.26. The number of benzene rings is 1. The van der Waals surface area contributed by atoms with Crippen LogP contribution >= 0.6 is 23.1 Å². The van der Waals surface area contributed by atoms with Crippen molar-refractivity contribution in [2.45, 2.75) is 12.7 Å². The fraction of sp³-hybridized carbons (Fsp3) is 0.444. The first-order valence-corrected chi connectivity index (χ1v) is 10.4. The average Bonchev–Trinajstić information content (AvgIpc) is 3.12. The lowest BCUT2D eigenvalue weighted by molar-refractivity contribution is -0.132. The van der Waals surface area contributed by atoms with Gasteiger partial charge in [-0.25, -0.2) is 4.98 Å². The number of nitrogens with zero attached hydrogens (tertiary/aromatic N) is 2. The predicted molar refractivity (Wildman–Crippen MR) is 102 cm³/mol. The minimum absolute atomic E-state index is 0.190. The Morgan fingerprint density at radius 1 is 1.32 bits per heavy atom. The van der Waals surface area contributed by atoms with E-state index >= 15 is 0 Å². The van der Waals surface area contributed by atoms with E-state index in [2.05, 4.69) is 10.4 Å². The number of thioether (sulfide) groups is 1. The molecule has 5 nitrogen and oxygen atoms in total. The van der Waals surface area contributed by atoms with Crippen molar-refractivity contribution >= 4 is 29.0 Å². The van der Waals surface area contributed by atoms with Crippen LogP contribution in [0.25, 0.3) is 10.6 Å². The lowest BCUT2D eigenvalue weighted by atomic mass is 10.2. The van der Waals surface area contributed by atoms with Crippen molar-refractivity contribution in [3.63, 3.8) is 0 Å². The highest BCUT2D eigenvalue weighted by molar-refractivity contribution is 7.99. The molecule has 1 aliphatic heterocycles. The van der Waals surface area contributed by atoms with Crippen LogP contribution in [-0.2, 0) is 15.3 Å². The van der Waals surface area contributed by atoms with Gasteiger partial charge in [-0.1, -0.05) is 0 Å². The quantitative estimate of drug-likeness (QED) is 0.740. The summed E-state index contributed by atoms with van der Waals surface area (Å²) in [6.45, 7) is 5.35. The maximum Gasteiger partial charge on any atom is 0.232 e. The molecule has 134 valence electrons. The van der Waals surface area contributed by atoms with E-state index < -0.39 is 0 Å². The van der Waals surface area contributed by atoms with Crippen molar-refractivity contribution in [2.75, 3.05) is 38.7 Å². The van der Waals surface area contributed by atoms with Crippen molar-refractivity contribution in [3.05, 3.63) is 35.3 Å². The predicted octanol–water partition coefficient (Wildman–Crippen LogP) is 3.30. The van der Waals surface area contributed by atoms with Crippen LogP contribution in [0.4, 0.5) is 0 Å². The number of carbonyl (C=O) groups excluding carboxylic acids is 1. The highest BCUT2D eigenvalue weighted by Crippen LogP contribution is 2.27. The van der Waals surface area contributed by atoms with Gasteiger partial charge in [-0.2, -0.15) is 0 Å². The third-order valence-electron chi connectivity index (χ3n) is 3.80. The number of aromatic nitrogens is 1. The molecule has 0 bridgehead atoms. The number of hydrogen-bond donors (Lipinski definition) is 0. The molecule has 0 radical (unpaired) electrons. The standard InChI is InChI=1S/C18H22N2O3S2/c1-2-23-16-5-3-14(4-6-16)18-19-15(12-25-18)11-24-13-17(21)20-7-9-22-10-8-20/h3-6,12H,2,7-11,13H2,1H3. The van der Waals surface area contributed by atoms with E-state index in [0.717, 1.165) is 27.8 Å². The maximum atomic E-state index is 12.1. The zero-order chi connectivity index (χ0) is 17.5. The SMILES string of the molecule is CCOc1ccc(-c2nc(CSCC(=O)N3CCOCC3)cs2)cc1. The van der Waals surface area contributed by atoms with Crippen LogP contribution in [0.3, 0.4) is 0 Å². The molecule has 0 unspecified atom stereocenters. The van der Waals surface area contributed by atoms with E-state index in [-0.39, 0.29) is 5.91 Å². The monoisotopic (exact) mass is 378 g/mol. The first-order valence-electron chi connectivity index (χ1n) is 8.37. The maximum absolute atomic E-state index is 12.1. The molecular formula is C18H22N2O3S2. The minimum Gasteiger partial charge on any atom is -0.494 e. The molecule has 0 saturated carbocycles. The first-order chi connectivity index (χ1) is 12.3. The molecule has 1 fully saturated rings. The summed E-state index contributed by atoms with van der Waals surface area (Å²) < 4.78 is 10.7. The molecule has 1 saturated heterocycles. The van der Waals surface area contributed by atoms with Crippen LogP contribution in [0, 0.1) is 0 Å². The number of thiazole rings is 1. The Morgan fingerprint density at radius 3 is 2.80 bits per heavy atom. The summed E-state index contributed by atoms with van der Waals surface area (Å²) in [6.07, 6.45) is 0. The number of morpholine rings is 1. The van der Waals surface area contributed by atoms with Crippen LogP contribution in [-0.4, -0.2) is 54.5 Å². The van der Waals surface area contributed by atoms with Crippen LogP contribution in [0.15, 0.2) is 29.6 Å². The van der Waals surface area contributed by atoms with E-state index in [1.165, 1.54) is 0 Å². The molecule has 0 atom stereocenters. The van der Waals surface area contributed by atoms with Gasteiger partial charge in [0.25, 0.3) is 0 Å². The van der Waals surface area contributed by atoms with E-state index in [1.54, 1.807) is 23.1 Å². The van der Waals surface area contributed by atoms with Crippen LogP contribution in [0.5, 0.6) is 5.75 Å². The summed E-state index contributed by atoms with van der Waals surface area (Å²) >= 11 is 3.25. The lowest BCUT2D eigenvalue weighted by Crippen LogP contribution is -2.41. The topological polar surface area (TPSA) is 51.7 Å². The number of amides is 1. The lowest BCUT2D eigenvalue weighted by Gasteiger charge is -2.26. The summed E-state index contributed by atoms with van der Waals surface area (Å²) in [5.41, 5.74) is 2.11. The third-order valence-corrected chi connectivity index (χ3v) is 5.69. The second-order valence-corrected chi connectivity index (χ2v) is 7.43. The molecule has 1 amide bonds. The molecule has 0 spiro atoms. The van der Waals surface area contributed by atoms with E-state index in [0.29, 0.717) is 38.7 Å². The smallest absolute Gasteiger partial charge is 0.232 e. The largest absolute Gasteiger partial charge is 0.494 e. The van der Waals surface area contributed by atoms with E-state index in [4.69, 9.17) is 9.47 Å². The Balaban J connectivity index is 1.48. The fourth-order valence-electron chi connectivity index (χ4n) is 2.51. The Kier molecular flexibility index (Phi) is 6.72. The van der Waals surface area contributed by atoms with Crippen LogP contribution < -0.4 is 4.74 Å².